The van der Waals surface area contributed by atoms with E-state index < -0.39 is 5.92 Å². The van der Waals surface area contributed by atoms with Gasteiger partial charge >= 0.3 is 0 Å². The topological polar surface area (TPSA) is 56.5 Å². The zero-order valence-corrected chi connectivity index (χ0v) is 12.2. The molecule has 0 saturated carbocycles. The Morgan fingerprint density at radius 2 is 2.05 bits per heavy atom. The molecular formula is C17H16O4. The number of ether oxygens (including phenoxy) is 1. The highest BCUT2D eigenvalue weighted by Gasteiger charge is 2.37. The van der Waals surface area contributed by atoms with Crippen LogP contribution >= 0.6 is 0 Å². The van der Waals surface area contributed by atoms with Gasteiger partial charge in [-0.1, -0.05) is 6.07 Å². The highest BCUT2D eigenvalue weighted by molar-refractivity contribution is 6.19. The Bertz CT molecular complexity index is 739. The fourth-order valence-electron chi connectivity index (χ4n) is 2.87. The van der Waals surface area contributed by atoms with Crippen LogP contribution in [-0.4, -0.2) is 18.7 Å². The van der Waals surface area contributed by atoms with E-state index >= 15 is 0 Å². The van der Waals surface area contributed by atoms with Crippen LogP contribution in [0.3, 0.4) is 0 Å². The summed E-state index contributed by atoms with van der Waals surface area (Å²) >= 11 is 0. The van der Waals surface area contributed by atoms with Crippen LogP contribution in [0.25, 0.3) is 0 Å². The molecule has 1 aliphatic carbocycles. The van der Waals surface area contributed by atoms with Crippen LogP contribution in [-0.2, 0) is 6.42 Å². The molecule has 4 nitrogen and oxygen atoms in total. The molecule has 0 saturated heterocycles. The lowest BCUT2D eigenvalue weighted by atomic mass is 9.94. The van der Waals surface area contributed by atoms with Gasteiger partial charge in [-0.05, 0) is 44.0 Å². The van der Waals surface area contributed by atoms with Gasteiger partial charge in [0.15, 0.2) is 11.6 Å². The minimum atomic E-state index is -0.650. The van der Waals surface area contributed by atoms with Crippen molar-refractivity contribution in [2.45, 2.75) is 20.3 Å². The average Bonchev–Trinajstić information content (AvgIpc) is 2.98. The minimum absolute atomic E-state index is 0.132. The molecule has 3 rings (SSSR count). The van der Waals surface area contributed by atoms with Crippen molar-refractivity contribution in [3.8, 4) is 5.75 Å². The second-order valence-corrected chi connectivity index (χ2v) is 5.34. The lowest BCUT2D eigenvalue weighted by Gasteiger charge is -2.05. The number of hydrogen-bond acceptors (Lipinski definition) is 4. The summed E-state index contributed by atoms with van der Waals surface area (Å²) in [6.07, 6.45) is 0.445. The van der Waals surface area contributed by atoms with E-state index in [1.165, 1.54) is 0 Å². The van der Waals surface area contributed by atoms with E-state index in [0.717, 1.165) is 5.56 Å². The van der Waals surface area contributed by atoms with Crippen LogP contribution in [0.4, 0.5) is 0 Å². The monoisotopic (exact) mass is 284 g/mol. The highest BCUT2D eigenvalue weighted by Crippen LogP contribution is 2.32. The van der Waals surface area contributed by atoms with Gasteiger partial charge in [-0.25, -0.2) is 0 Å². The van der Waals surface area contributed by atoms with Crippen molar-refractivity contribution in [1.29, 1.82) is 0 Å². The van der Waals surface area contributed by atoms with Gasteiger partial charge in [0.05, 0.1) is 18.6 Å². The van der Waals surface area contributed by atoms with Crippen LogP contribution in [0.1, 0.15) is 37.8 Å². The number of carbonyl (C=O) groups excluding carboxylic acids is 2. The van der Waals surface area contributed by atoms with Gasteiger partial charge in [-0.2, -0.15) is 0 Å². The molecule has 0 radical (unpaired) electrons. The van der Waals surface area contributed by atoms with Crippen molar-refractivity contribution in [2.75, 3.05) is 7.11 Å². The largest absolute Gasteiger partial charge is 0.497 e. The Hall–Kier alpha value is -2.36. The molecular weight excluding hydrogens is 268 g/mol. The van der Waals surface area contributed by atoms with Gasteiger partial charge in [0, 0.05) is 5.56 Å². The molecule has 0 aliphatic heterocycles. The molecule has 21 heavy (non-hydrogen) atoms. The predicted molar refractivity (Wildman–Crippen MR) is 77.0 cm³/mol. The van der Waals surface area contributed by atoms with Crippen molar-refractivity contribution in [3.63, 3.8) is 0 Å². The van der Waals surface area contributed by atoms with Crippen LogP contribution in [0.5, 0.6) is 5.75 Å². The Kier molecular flexibility index (Phi) is 3.16. The summed E-state index contributed by atoms with van der Waals surface area (Å²) in [6.45, 7) is 3.54. The molecule has 0 amide bonds. The molecule has 1 aromatic heterocycles. The van der Waals surface area contributed by atoms with E-state index in [-0.39, 0.29) is 11.6 Å². The maximum Gasteiger partial charge on any atom is 0.177 e. The zero-order chi connectivity index (χ0) is 15.1. The number of carbonyl (C=O) groups is 2. The minimum Gasteiger partial charge on any atom is -0.497 e. The number of benzene rings is 1. The summed E-state index contributed by atoms with van der Waals surface area (Å²) in [5.41, 5.74) is 1.99. The molecule has 108 valence electrons. The van der Waals surface area contributed by atoms with Crippen LogP contribution in [0.2, 0.25) is 0 Å². The molecule has 1 aromatic carbocycles. The first-order valence-electron chi connectivity index (χ1n) is 6.83. The van der Waals surface area contributed by atoms with Crippen molar-refractivity contribution < 1.29 is 18.7 Å². The number of ketones is 2. The van der Waals surface area contributed by atoms with E-state index in [2.05, 4.69) is 0 Å². The molecule has 1 aliphatic rings. The Labute approximate surface area is 122 Å². The van der Waals surface area contributed by atoms with Gasteiger partial charge in [-0.15, -0.1) is 0 Å². The van der Waals surface area contributed by atoms with Crippen LogP contribution in [0.15, 0.2) is 28.7 Å². The Morgan fingerprint density at radius 1 is 1.29 bits per heavy atom. The summed E-state index contributed by atoms with van der Waals surface area (Å²) in [5, 5.41) is 0. The van der Waals surface area contributed by atoms with E-state index in [9.17, 15) is 9.59 Å². The van der Waals surface area contributed by atoms with Gasteiger partial charge in [0.25, 0.3) is 0 Å². The molecule has 1 heterocycles. The van der Waals surface area contributed by atoms with E-state index in [4.69, 9.17) is 9.15 Å². The first-order chi connectivity index (χ1) is 10.0. The van der Waals surface area contributed by atoms with Crippen molar-refractivity contribution in [2.24, 2.45) is 5.92 Å². The number of furan rings is 1. The maximum atomic E-state index is 12.6. The molecule has 0 N–H and O–H groups in total. The summed E-state index contributed by atoms with van der Waals surface area (Å²) in [6, 6.07) is 7.08. The lowest BCUT2D eigenvalue weighted by molar-refractivity contribution is 0.0821. The third-order valence-electron chi connectivity index (χ3n) is 3.95. The Balaban J connectivity index is 1.94. The number of hydrogen-bond donors (Lipinski definition) is 0. The highest BCUT2D eigenvalue weighted by atomic mass is 16.5. The first kappa shape index (κ1) is 13.6. The fourth-order valence-corrected chi connectivity index (χ4v) is 2.87. The quantitative estimate of drug-likeness (QED) is 0.642. The van der Waals surface area contributed by atoms with E-state index in [1.54, 1.807) is 33.1 Å². The first-order valence-corrected chi connectivity index (χ1v) is 6.83. The smallest absolute Gasteiger partial charge is 0.177 e. The van der Waals surface area contributed by atoms with Gasteiger partial charge in [0.2, 0.25) is 0 Å². The number of aryl methyl sites for hydroxylation is 2. The standard InChI is InChI=1S/C17H16O4/c1-9-6-13(10(2)21-9)16(18)15-7-11-4-5-12(20-3)8-14(11)17(15)19/h4-6,8,15H,7H2,1-3H3. The van der Waals surface area contributed by atoms with Crippen molar-refractivity contribution in [3.05, 3.63) is 52.5 Å². The van der Waals surface area contributed by atoms with Crippen molar-refractivity contribution >= 4 is 11.6 Å². The van der Waals surface area contributed by atoms with Gasteiger partial charge in [0.1, 0.15) is 17.3 Å². The third kappa shape index (κ3) is 2.17. The summed E-state index contributed by atoms with van der Waals surface area (Å²) in [4.78, 5) is 25.1. The molecule has 2 aromatic rings. The zero-order valence-electron chi connectivity index (χ0n) is 12.2. The number of rotatable bonds is 3. The van der Waals surface area contributed by atoms with Crippen molar-refractivity contribution in [1.82, 2.24) is 0 Å². The van der Waals surface area contributed by atoms with Crippen LogP contribution in [0, 0.1) is 19.8 Å². The van der Waals surface area contributed by atoms with Crippen LogP contribution < -0.4 is 4.74 Å². The van der Waals surface area contributed by atoms with E-state index in [0.29, 0.717) is 34.8 Å². The van der Waals surface area contributed by atoms with E-state index in [1.807, 2.05) is 12.1 Å². The number of methoxy groups -OCH3 is 1. The van der Waals surface area contributed by atoms with Gasteiger partial charge < -0.3 is 9.15 Å². The third-order valence-corrected chi connectivity index (χ3v) is 3.95. The molecule has 0 bridgehead atoms. The lowest BCUT2D eigenvalue weighted by Crippen LogP contribution is -2.21. The van der Waals surface area contributed by atoms with Gasteiger partial charge in [-0.3, -0.25) is 9.59 Å². The fraction of sp³-hybridized carbons (Fsp3) is 0.294. The molecule has 1 atom stereocenters. The molecule has 0 fully saturated rings. The Morgan fingerprint density at radius 3 is 2.67 bits per heavy atom. The molecule has 0 spiro atoms. The predicted octanol–water partition coefficient (Wildman–Crippen LogP) is 3.14. The normalized spacial score (nSPS) is 16.9. The number of fused-ring (bicyclic) bond motifs is 1. The summed E-state index contributed by atoms with van der Waals surface area (Å²) in [5.74, 6) is 0.935. The summed E-state index contributed by atoms with van der Waals surface area (Å²) < 4.78 is 10.5. The summed E-state index contributed by atoms with van der Waals surface area (Å²) in [7, 11) is 1.56. The second-order valence-electron chi connectivity index (χ2n) is 5.34. The number of Topliss-reactive ketones (excluding diaryl/α,β-unsaturated/α-hetero) is 2. The second kappa shape index (κ2) is 4.88. The SMILES string of the molecule is COc1ccc2c(c1)C(=O)C(C(=O)c1cc(C)oc1C)C2. The maximum absolute atomic E-state index is 12.6. The molecule has 4 heteroatoms. The molecule has 1 unspecified atom stereocenters. The average molecular weight is 284 g/mol.